The summed E-state index contributed by atoms with van der Waals surface area (Å²) in [6.07, 6.45) is 0.367. The number of aliphatic hydroxyl groups excluding tert-OH is 1. The van der Waals surface area contributed by atoms with Gasteiger partial charge in [-0.1, -0.05) is 30.3 Å². The third kappa shape index (κ3) is 5.05. The third-order valence-corrected chi connectivity index (χ3v) is 4.10. The van der Waals surface area contributed by atoms with Gasteiger partial charge >= 0.3 is 7.60 Å². The summed E-state index contributed by atoms with van der Waals surface area (Å²) in [6, 6.07) is 9.50. The lowest BCUT2D eigenvalue weighted by atomic mass is 10.2. The normalized spacial score (nSPS) is 26.2. The molecule has 0 radical (unpaired) electrons. The van der Waals surface area contributed by atoms with Crippen molar-refractivity contribution in [2.45, 2.75) is 31.8 Å². The maximum Gasteiger partial charge on any atom is 0.328 e. The molecule has 6 heteroatoms. The van der Waals surface area contributed by atoms with Gasteiger partial charge in [0.25, 0.3) is 0 Å². The summed E-state index contributed by atoms with van der Waals surface area (Å²) in [6.45, 7) is 1.88. The van der Waals surface area contributed by atoms with Gasteiger partial charge in [-0.15, -0.1) is 0 Å². The van der Waals surface area contributed by atoms with Gasteiger partial charge in [-0.05, 0) is 12.0 Å². The number of hydrogen-bond acceptors (Lipinski definition) is 5. The lowest BCUT2D eigenvalue weighted by Gasteiger charge is -2.17. The topological polar surface area (TPSA) is 65.0 Å². The van der Waals surface area contributed by atoms with Crippen molar-refractivity contribution in [3.63, 3.8) is 0 Å². The highest BCUT2D eigenvalue weighted by Crippen LogP contribution is 2.45. The van der Waals surface area contributed by atoms with Crippen molar-refractivity contribution >= 4 is 7.60 Å². The summed E-state index contributed by atoms with van der Waals surface area (Å²) in [5, 5.41) is 9.20. The van der Waals surface area contributed by atoms with Crippen molar-refractivity contribution in [1.29, 1.82) is 0 Å². The molecule has 1 aromatic rings. The molecule has 1 heterocycles. The molecule has 2 rings (SSSR count). The fourth-order valence-corrected chi connectivity index (χ4v) is 2.73. The summed E-state index contributed by atoms with van der Waals surface area (Å²) >= 11 is 0. The first-order valence-electron chi connectivity index (χ1n) is 6.29. The number of hydrogen-bond donors (Lipinski definition) is 1. The van der Waals surface area contributed by atoms with E-state index >= 15 is 0 Å². The fraction of sp³-hybridized carbons (Fsp3) is 0.538. The SMILES string of the molecule is CP(=O)(OCc1ccccc1)OC[C@@H]1CCC(O)O1. The number of rotatable bonds is 6. The Bertz CT molecular complexity index is 436. The van der Waals surface area contributed by atoms with Gasteiger partial charge < -0.3 is 18.9 Å². The Kier molecular flexibility index (Phi) is 5.13. The van der Waals surface area contributed by atoms with E-state index in [1.54, 1.807) is 0 Å². The molecule has 5 nitrogen and oxygen atoms in total. The molecule has 2 unspecified atom stereocenters. The van der Waals surface area contributed by atoms with E-state index in [0.717, 1.165) is 5.56 Å². The lowest BCUT2D eigenvalue weighted by Crippen LogP contribution is -2.16. The Morgan fingerprint density at radius 3 is 2.68 bits per heavy atom. The molecule has 1 saturated heterocycles. The van der Waals surface area contributed by atoms with Gasteiger partial charge in [0.15, 0.2) is 6.29 Å². The molecule has 0 saturated carbocycles. The summed E-state index contributed by atoms with van der Waals surface area (Å²) in [7, 11) is -3.09. The number of ether oxygens (including phenoxy) is 1. The molecular weight excluding hydrogens is 267 g/mol. The molecule has 1 fully saturated rings. The van der Waals surface area contributed by atoms with Gasteiger partial charge in [-0.2, -0.15) is 0 Å². The minimum atomic E-state index is -3.09. The van der Waals surface area contributed by atoms with Crippen LogP contribution in [0.5, 0.6) is 0 Å². The van der Waals surface area contributed by atoms with Gasteiger partial charge in [0.1, 0.15) is 0 Å². The Hall–Kier alpha value is -0.710. The highest BCUT2D eigenvalue weighted by molar-refractivity contribution is 7.52. The quantitative estimate of drug-likeness (QED) is 0.814. The average Bonchev–Trinajstić information content (AvgIpc) is 2.82. The first-order valence-corrected chi connectivity index (χ1v) is 8.28. The van der Waals surface area contributed by atoms with Crippen molar-refractivity contribution in [2.24, 2.45) is 0 Å². The maximum atomic E-state index is 12.1. The summed E-state index contributed by atoms with van der Waals surface area (Å²) in [5.41, 5.74) is 0.945. The maximum absolute atomic E-state index is 12.1. The summed E-state index contributed by atoms with van der Waals surface area (Å²) in [5.74, 6) is 0. The second kappa shape index (κ2) is 6.64. The molecule has 0 aromatic heterocycles. The highest BCUT2D eigenvalue weighted by Gasteiger charge is 2.26. The standard InChI is InChI=1S/C13H19O5P/c1-19(15,16-9-11-5-3-2-4-6-11)17-10-12-7-8-13(14)18-12/h2-6,12-14H,7-10H2,1H3/t12-,13?,19?/m0/s1. The minimum Gasteiger partial charge on any atom is -0.368 e. The zero-order valence-electron chi connectivity index (χ0n) is 10.9. The van der Waals surface area contributed by atoms with Crippen LogP contribution in [0.15, 0.2) is 30.3 Å². The minimum absolute atomic E-state index is 0.180. The first-order chi connectivity index (χ1) is 9.05. The lowest BCUT2D eigenvalue weighted by molar-refractivity contribution is -0.0993. The first kappa shape index (κ1) is 14.7. The van der Waals surface area contributed by atoms with Crippen LogP contribution in [-0.2, 0) is 25.0 Å². The van der Waals surface area contributed by atoms with Crippen LogP contribution in [0.25, 0.3) is 0 Å². The second-order valence-corrected chi connectivity index (χ2v) is 6.68. The van der Waals surface area contributed by atoms with E-state index < -0.39 is 13.9 Å². The van der Waals surface area contributed by atoms with Crippen molar-refractivity contribution in [2.75, 3.05) is 13.3 Å². The molecule has 0 amide bonds. The van der Waals surface area contributed by atoms with Crippen LogP contribution < -0.4 is 0 Å². The van der Waals surface area contributed by atoms with Crippen LogP contribution in [0.1, 0.15) is 18.4 Å². The monoisotopic (exact) mass is 286 g/mol. The number of aliphatic hydroxyl groups is 1. The fourth-order valence-electron chi connectivity index (χ4n) is 1.83. The molecule has 3 atom stereocenters. The average molecular weight is 286 g/mol. The smallest absolute Gasteiger partial charge is 0.328 e. The summed E-state index contributed by atoms with van der Waals surface area (Å²) in [4.78, 5) is 0. The zero-order chi connectivity index (χ0) is 13.7. The molecule has 0 aliphatic carbocycles. The van der Waals surface area contributed by atoms with Crippen molar-refractivity contribution < 1.29 is 23.5 Å². The van der Waals surface area contributed by atoms with Gasteiger partial charge in [0.05, 0.1) is 19.3 Å². The predicted molar refractivity (Wildman–Crippen MR) is 70.8 cm³/mol. The van der Waals surface area contributed by atoms with Gasteiger partial charge in [0, 0.05) is 13.1 Å². The predicted octanol–water partition coefficient (Wildman–Crippen LogP) is 2.54. The van der Waals surface area contributed by atoms with Crippen LogP contribution in [0, 0.1) is 0 Å². The van der Waals surface area contributed by atoms with Gasteiger partial charge in [-0.25, -0.2) is 0 Å². The summed E-state index contributed by atoms with van der Waals surface area (Å²) < 4.78 is 27.8. The molecule has 1 N–H and O–H groups in total. The van der Waals surface area contributed by atoms with Gasteiger partial charge in [0.2, 0.25) is 0 Å². The van der Waals surface area contributed by atoms with Crippen LogP contribution >= 0.6 is 7.60 Å². The van der Waals surface area contributed by atoms with Crippen LogP contribution in [0.2, 0.25) is 0 Å². The van der Waals surface area contributed by atoms with E-state index in [1.165, 1.54) is 6.66 Å². The third-order valence-electron chi connectivity index (χ3n) is 2.89. The number of benzene rings is 1. The van der Waals surface area contributed by atoms with E-state index in [4.69, 9.17) is 13.8 Å². The molecular formula is C13H19O5P. The van der Waals surface area contributed by atoms with Crippen molar-refractivity contribution in [3.05, 3.63) is 35.9 Å². The molecule has 106 valence electrons. The van der Waals surface area contributed by atoms with Gasteiger partial charge in [-0.3, -0.25) is 4.57 Å². The van der Waals surface area contributed by atoms with Crippen molar-refractivity contribution in [3.8, 4) is 0 Å². The molecule has 1 aliphatic heterocycles. The Morgan fingerprint density at radius 1 is 1.32 bits per heavy atom. The van der Waals surface area contributed by atoms with E-state index in [-0.39, 0.29) is 19.3 Å². The zero-order valence-corrected chi connectivity index (χ0v) is 11.8. The molecule has 0 bridgehead atoms. The van der Waals surface area contributed by atoms with Crippen molar-refractivity contribution in [1.82, 2.24) is 0 Å². The molecule has 1 aromatic carbocycles. The van der Waals surface area contributed by atoms with Crippen LogP contribution in [0.3, 0.4) is 0 Å². The largest absolute Gasteiger partial charge is 0.368 e. The highest BCUT2D eigenvalue weighted by atomic mass is 31.2. The van der Waals surface area contributed by atoms with E-state index in [2.05, 4.69) is 0 Å². The Morgan fingerprint density at radius 2 is 2.05 bits per heavy atom. The Labute approximate surface area is 113 Å². The second-order valence-electron chi connectivity index (χ2n) is 4.62. The van der Waals surface area contributed by atoms with E-state index in [0.29, 0.717) is 12.8 Å². The van der Waals surface area contributed by atoms with E-state index in [9.17, 15) is 9.67 Å². The van der Waals surface area contributed by atoms with Crippen LogP contribution in [0.4, 0.5) is 0 Å². The molecule has 19 heavy (non-hydrogen) atoms. The molecule has 0 spiro atoms. The Balaban J connectivity index is 1.74. The van der Waals surface area contributed by atoms with E-state index in [1.807, 2.05) is 30.3 Å². The molecule has 1 aliphatic rings. The van der Waals surface area contributed by atoms with Crippen LogP contribution in [-0.4, -0.2) is 30.8 Å².